The summed E-state index contributed by atoms with van der Waals surface area (Å²) in [5.74, 6) is 0.619. The van der Waals surface area contributed by atoms with Gasteiger partial charge in [0.05, 0.1) is 16.4 Å². The third-order valence-electron chi connectivity index (χ3n) is 2.03. The summed E-state index contributed by atoms with van der Waals surface area (Å²) in [4.78, 5) is 8.27. The molecule has 0 amide bonds. The minimum Gasteiger partial charge on any atom is -0.421 e. The summed E-state index contributed by atoms with van der Waals surface area (Å²) in [5.41, 5.74) is 6.37. The number of fused-ring (bicyclic) bond motifs is 1. The molecule has 0 saturated heterocycles. The number of nitrogen functional groups attached to an aromatic ring is 1. The number of hydrogen-bond donors (Lipinski definition) is 1. The fourth-order valence-electron chi connectivity index (χ4n) is 1.36. The number of para-hydroxylation sites is 1. The average molecular weight is 217 g/mol. The zero-order valence-corrected chi connectivity index (χ0v) is 8.49. The largest absolute Gasteiger partial charge is 0.421 e. The second-order valence-electron chi connectivity index (χ2n) is 3.05. The molecule has 4 nitrogen and oxygen atoms in total. The zero-order chi connectivity index (χ0) is 10.3. The van der Waals surface area contributed by atoms with Gasteiger partial charge in [0.25, 0.3) is 6.01 Å². The lowest BCUT2D eigenvalue weighted by atomic mass is 10.3. The van der Waals surface area contributed by atoms with E-state index >= 15 is 0 Å². The van der Waals surface area contributed by atoms with Crippen molar-refractivity contribution in [1.82, 2.24) is 9.97 Å². The Hall–Kier alpha value is -1.88. The number of aromatic nitrogens is 2. The van der Waals surface area contributed by atoms with E-state index in [0.29, 0.717) is 5.76 Å². The highest BCUT2D eigenvalue weighted by molar-refractivity contribution is 7.21. The summed E-state index contributed by atoms with van der Waals surface area (Å²) >= 11 is 1.56. The van der Waals surface area contributed by atoms with Crippen LogP contribution in [0.1, 0.15) is 0 Å². The first-order chi connectivity index (χ1) is 7.33. The second-order valence-corrected chi connectivity index (χ2v) is 4.08. The lowest BCUT2D eigenvalue weighted by Gasteiger charge is -1.84. The topological polar surface area (TPSA) is 64.9 Å². The van der Waals surface area contributed by atoms with Crippen LogP contribution in [0.25, 0.3) is 21.0 Å². The molecule has 15 heavy (non-hydrogen) atoms. The number of benzene rings is 1. The van der Waals surface area contributed by atoms with Gasteiger partial charge in [0.2, 0.25) is 0 Å². The highest BCUT2D eigenvalue weighted by atomic mass is 32.1. The van der Waals surface area contributed by atoms with Crippen LogP contribution in [0.5, 0.6) is 0 Å². The Balaban J connectivity index is 2.19. The van der Waals surface area contributed by atoms with E-state index in [9.17, 15) is 0 Å². The van der Waals surface area contributed by atoms with Gasteiger partial charge in [0.1, 0.15) is 0 Å². The molecule has 0 aliphatic heterocycles. The fraction of sp³-hybridized carbons (Fsp3) is 0. The molecule has 0 radical (unpaired) electrons. The normalized spacial score (nSPS) is 10.9. The Morgan fingerprint density at radius 1 is 1.27 bits per heavy atom. The molecule has 1 aromatic carbocycles. The molecule has 2 heterocycles. The average Bonchev–Trinajstić information content (AvgIpc) is 2.82. The lowest BCUT2D eigenvalue weighted by Crippen LogP contribution is -1.79. The quantitative estimate of drug-likeness (QED) is 0.680. The Bertz CT molecular complexity index is 581. The van der Waals surface area contributed by atoms with Crippen LogP contribution < -0.4 is 5.73 Å². The molecule has 3 aromatic rings. The molecule has 0 saturated carbocycles. The van der Waals surface area contributed by atoms with Gasteiger partial charge in [-0.1, -0.05) is 12.1 Å². The third kappa shape index (κ3) is 1.37. The number of anilines is 1. The van der Waals surface area contributed by atoms with E-state index in [-0.39, 0.29) is 6.01 Å². The number of rotatable bonds is 1. The van der Waals surface area contributed by atoms with Gasteiger partial charge in [-0.05, 0) is 12.1 Å². The van der Waals surface area contributed by atoms with Crippen molar-refractivity contribution in [3.8, 4) is 10.8 Å². The minimum atomic E-state index is 0.171. The monoisotopic (exact) mass is 217 g/mol. The van der Waals surface area contributed by atoms with Gasteiger partial charge in [-0.3, -0.25) is 0 Å². The van der Waals surface area contributed by atoms with Gasteiger partial charge in [0, 0.05) is 0 Å². The molecule has 0 spiro atoms. The van der Waals surface area contributed by atoms with Crippen molar-refractivity contribution >= 4 is 27.6 Å². The van der Waals surface area contributed by atoms with Crippen molar-refractivity contribution in [3.63, 3.8) is 0 Å². The van der Waals surface area contributed by atoms with E-state index in [1.54, 1.807) is 17.5 Å². The summed E-state index contributed by atoms with van der Waals surface area (Å²) in [5, 5.41) is 0.806. The summed E-state index contributed by atoms with van der Waals surface area (Å²) in [6, 6.07) is 8.11. The van der Waals surface area contributed by atoms with Gasteiger partial charge in [-0.15, -0.1) is 11.3 Å². The predicted octanol–water partition coefficient (Wildman–Crippen LogP) is 2.53. The van der Waals surface area contributed by atoms with Crippen LogP contribution in [0.4, 0.5) is 6.01 Å². The number of thiazole rings is 1. The van der Waals surface area contributed by atoms with E-state index in [2.05, 4.69) is 9.97 Å². The van der Waals surface area contributed by atoms with E-state index < -0.39 is 0 Å². The molecule has 0 bridgehead atoms. The van der Waals surface area contributed by atoms with Crippen LogP contribution in [0, 0.1) is 0 Å². The van der Waals surface area contributed by atoms with Crippen LogP contribution in [0.3, 0.4) is 0 Å². The maximum absolute atomic E-state index is 5.41. The molecule has 74 valence electrons. The van der Waals surface area contributed by atoms with Gasteiger partial charge >= 0.3 is 0 Å². The van der Waals surface area contributed by atoms with E-state index in [0.717, 1.165) is 15.2 Å². The smallest absolute Gasteiger partial charge is 0.292 e. The third-order valence-corrected chi connectivity index (χ3v) is 3.08. The van der Waals surface area contributed by atoms with E-state index in [1.165, 1.54) is 0 Å². The van der Waals surface area contributed by atoms with Crippen molar-refractivity contribution in [2.24, 2.45) is 0 Å². The van der Waals surface area contributed by atoms with Crippen LogP contribution in [-0.2, 0) is 0 Å². The molecule has 5 heteroatoms. The summed E-state index contributed by atoms with van der Waals surface area (Å²) < 4.78 is 6.34. The number of nitrogens with zero attached hydrogens (tertiary/aromatic N) is 2. The summed E-state index contributed by atoms with van der Waals surface area (Å²) in [6.07, 6.45) is 1.59. The SMILES string of the molecule is Nc1ncc(-c2nc3ccccc3s2)o1. The van der Waals surface area contributed by atoms with Gasteiger partial charge < -0.3 is 10.2 Å². The number of nitrogens with two attached hydrogens (primary N) is 1. The molecular formula is C10H7N3OS. The molecule has 2 aromatic heterocycles. The van der Waals surface area contributed by atoms with Gasteiger partial charge in [-0.2, -0.15) is 0 Å². The van der Waals surface area contributed by atoms with Gasteiger partial charge in [0.15, 0.2) is 10.8 Å². The van der Waals surface area contributed by atoms with Crippen molar-refractivity contribution in [1.29, 1.82) is 0 Å². The first kappa shape index (κ1) is 8.43. The minimum absolute atomic E-state index is 0.171. The van der Waals surface area contributed by atoms with Crippen LogP contribution in [0.15, 0.2) is 34.9 Å². The standard InChI is InChI=1S/C10H7N3OS/c11-10-12-5-7(14-10)9-13-6-3-1-2-4-8(6)15-9/h1-5H,(H2,11,12). The molecule has 2 N–H and O–H groups in total. The maximum atomic E-state index is 5.41. The first-order valence-corrected chi connectivity index (χ1v) is 5.22. The Labute approximate surface area is 89.4 Å². The van der Waals surface area contributed by atoms with Crippen LogP contribution in [0.2, 0.25) is 0 Å². The Morgan fingerprint density at radius 2 is 2.13 bits per heavy atom. The molecule has 0 unspecified atom stereocenters. The molecule has 0 fully saturated rings. The fourth-order valence-corrected chi connectivity index (χ4v) is 2.28. The number of oxazole rings is 1. The number of hydrogen-bond acceptors (Lipinski definition) is 5. The van der Waals surface area contributed by atoms with Crippen molar-refractivity contribution in [3.05, 3.63) is 30.5 Å². The summed E-state index contributed by atoms with van der Waals surface area (Å²) in [7, 11) is 0. The van der Waals surface area contributed by atoms with Crippen molar-refractivity contribution < 1.29 is 4.42 Å². The Morgan fingerprint density at radius 3 is 2.87 bits per heavy atom. The first-order valence-electron chi connectivity index (χ1n) is 4.40. The molecule has 0 aliphatic carbocycles. The highest BCUT2D eigenvalue weighted by Crippen LogP contribution is 2.30. The molecule has 3 rings (SSSR count). The van der Waals surface area contributed by atoms with E-state index in [1.807, 2.05) is 24.3 Å². The maximum Gasteiger partial charge on any atom is 0.292 e. The van der Waals surface area contributed by atoms with Gasteiger partial charge in [-0.25, -0.2) is 9.97 Å². The highest BCUT2D eigenvalue weighted by Gasteiger charge is 2.09. The summed E-state index contributed by atoms with van der Waals surface area (Å²) in [6.45, 7) is 0. The zero-order valence-electron chi connectivity index (χ0n) is 7.68. The van der Waals surface area contributed by atoms with Crippen molar-refractivity contribution in [2.75, 3.05) is 5.73 Å². The molecule has 0 atom stereocenters. The van der Waals surface area contributed by atoms with Crippen LogP contribution in [-0.4, -0.2) is 9.97 Å². The molecular weight excluding hydrogens is 210 g/mol. The van der Waals surface area contributed by atoms with Crippen LogP contribution >= 0.6 is 11.3 Å². The predicted molar refractivity (Wildman–Crippen MR) is 59.5 cm³/mol. The lowest BCUT2D eigenvalue weighted by molar-refractivity contribution is 0.594. The Kier molecular flexibility index (Phi) is 1.72. The molecule has 0 aliphatic rings. The second kappa shape index (κ2) is 3.06. The van der Waals surface area contributed by atoms with Crippen molar-refractivity contribution in [2.45, 2.75) is 0 Å². The van der Waals surface area contributed by atoms with E-state index in [4.69, 9.17) is 10.2 Å².